The topological polar surface area (TPSA) is 53.7 Å². The van der Waals surface area contributed by atoms with E-state index >= 15 is 0 Å². The number of hydrogen-bond donors (Lipinski definition) is 1. The largest absolute Gasteiger partial charge is 0.493 e. The number of benzene rings is 1. The van der Waals surface area contributed by atoms with Gasteiger partial charge in [-0.05, 0) is 37.6 Å². The predicted molar refractivity (Wildman–Crippen MR) is 77.3 cm³/mol. The molecule has 1 aromatic carbocycles. The van der Waals surface area contributed by atoms with Crippen molar-refractivity contribution < 1.29 is 14.2 Å². The Hall–Kier alpha value is -0.970. The lowest BCUT2D eigenvalue weighted by Crippen LogP contribution is -2.15. The fourth-order valence-electron chi connectivity index (χ4n) is 1.74. The molecule has 0 heterocycles. The van der Waals surface area contributed by atoms with Gasteiger partial charge in [-0.25, -0.2) is 0 Å². The zero-order valence-electron chi connectivity index (χ0n) is 11.7. The molecule has 0 aliphatic carbocycles. The summed E-state index contributed by atoms with van der Waals surface area (Å²) in [5, 5.41) is 0.548. The number of ether oxygens (including phenoxy) is 3. The van der Waals surface area contributed by atoms with E-state index in [-0.39, 0.29) is 6.10 Å². The molecule has 0 amide bonds. The minimum absolute atomic E-state index is 0.00621. The van der Waals surface area contributed by atoms with Crippen LogP contribution in [0.1, 0.15) is 18.9 Å². The Morgan fingerprint density at radius 2 is 2.05 bits per heavy atom. The van der Waals surface area contributed by atoms with E-state index in [0.717, 1.165) is 18.4 Å². The standard InChI is InChI=1S/C14H22ClNO3/c1-10(5-7-17-2)19-14-12(15)8-11(4-6-16)9-13(14)18-3/h8-10H,4-7,16H2,1-3H3. The highest BCUT2D eigenvalue weighted by Gasteiger charge is 2.14. The molecule has 0 fully saturated rings. The van der Waals surface area contributed by atoms with E-state index in [1.807, 2.05) is 19.1 Å². The van der Waals surface area contributed by atoms with Crippen molar-refractivity contribution in [1.29, 1.82) is 0 Å². The van der Waals surface area contributed by atoms with Crippen LogP contribution in [0.2, 0.25) is 5.02 Å². The summed E-state index contributed by atoms with van der Waals surface area (Å²) in [5.41, 5.74) is 6.59. The Labute approximate surface area is 119 Å². The second-order valence-corrected chi connectivity index (χ2v) is 4.76. The van der Waals surface area contributed by atoms with Gasteiger partial charge >= 0.3 is 0 Å². The zero-order chi connectivity index (χ0) is 14.3. The van der Waals surface area contributed by atoms with Crippen LogP contribution in [0.25, 0.3) is 0 Å². The lowest BCUT2D eigenvalue weighted by molar-refractivity contribution is 0.133. The Bertz CT molecular complexity index is 399. The molecule has 1 atom stereocenters. The summed E-state index contributed by atoms with van der Waals surface area (Å²) in [4.78, 5) is 0. The molecular weight excluding hydrogens is 266 g/mol. The van der Waals surface area contributed by atoms with Crippen LogP contribution < -0.4 is 15.2 Å². The van der Waals surface area contributed by atoms with Crippen molar-refractivity contribution in [2.45, 2.75) is 25.9 Å². The third kappa shape index (κ3) is 4.90. The molecule has 1 unspecified atom stereocenters. The maximum atomic E-state index is 6.25. The van der Waals surface area contributed by atoms with Crippen LogP contribution in [0.5, 0.6) is 11.5 Å². The first-order valence-electron chi connectivity index (χ1n) is 6.34. The van der Waals surface area contributed by atoms with Crippen LogP contribution in [-0.2, 0) is 11.2 Å². The molecule has 5 heteroatoms. The van der Waals surface area contributed by atoms with E-state index in [0.29, 0.717) is 29.7 Å². The van der Waals surface area contributed by atoms with Crippen LogP contribution in [0, 0.1) is 0 Å². The normalized spacial score (nSPS) is 12.3. The molecular formula is C14H22ClNO3. The van der Waals surface area contributed by atoms with Crippen LogP contribution in [0.3, 0.4) is 0 Å². The Morgan fingerprint density at radius 3 is 2.63 bits per heavy atom. The van der Waals surface area contributed by atoms with Crippen LogP contribution in [-0.4, -0.2) is 33.5 Å². The molecule has 1 aromatic rings. The Balaban J connectivity index is 2.87. The van der Waals surface area contributed by atoms with Gasteiger partial charge in [0.25, 0.3) is 0 Å². The molecule has 108 valence electrons. The third-order valence-electron chi connectivity index (χ3n) is 2.77. The first-order chi connectivity index (χ1) is 9.12. The molecule has 0 spiro atoms. The van der Waals surface area contributed by atoms with Crippen molar-refractivity contribution in [2.75, 3.05) is 27.4 Å². The minimum atomic E-state index is 0.00621. The number of methoxy groups -OCH3 is 2. The number of halogens is 1. The van der Waals surface area contributed by atoms with E-state index in [1.54, 1.807) is 14.2 Å². The second-order valence-electron chi connectivity index (χ2n) is 4.36. The van der Waals surface area contributed by atoms with Crippen molar-refractivity contribution in [2.24, 2.45) is 5.73 Å². The molecule has 0 aliphatic heterocycles. The van der Waals surface area contributed by atoms with Gasteiger partial charge in [-0.1, -0.05) is 11.6 Å². The lowest BCUT2D eigenvalue weighted by atomic mass is 10.1. The molecule has 1 rings (SSSR count). The molecule has 0 aromatic heterocycles. The molecule has 0 saturated carbocycles. The monoisotopic (exact) mass is 287 g/mol. The molecule has 0 saturated heterocycles. The predicted octanol–water partition coefficient (Wildman–Crippen LogP) is 2.65. The fourth-order valence-corrected chi connectivity index (χ4v) is 2.02. The summed E-state index contributed by atoms with van der Waals surface area (Å²) in [5.74, 6) is 1.22. The fraction of sp³-hybridized carbons (Fsp3) is 0.571. The Kier molecular flexibility index (Phi) is 6.99. The smallest absolute Gasteiger partial charge is 0.180 e. The highest BCUT2D eigenvalue weighted by Crippen LogP contribution is 2.37. The van der Waals surface area contributed by atoms with Gasteiger partial charge in [0.1, 0.15) is 0 Å². The van der Waals surface area contributed by atoms with Gasteiger partial charge in [-0.3, -0.25) is 0 Å². The second kappa shape index (κ2) is 8.25. The first kappa shape index (κ1) is 16.1. The van der Waals surface area contributed by atoms with Crippen LogP contribution in [0.4, 0.5) is 0 Å². The van der Waals surface area contributed by atoms with Gasteiger partial charge in [0.2, 0.25) is 0 Å². The molecule has 0 aliphatic rings. The average molecular weight is 288 g/mol. The van der Waals surface area contributed by atoms with Gasteiger partial charge in [-0.15, -0.1) is 0 Å². The zero-order valence-corrected chi connectivity index (χ0v) is 12.5. The summed E-state index contributed by atoms with van der Waals surface area (Å²) in [7, 11) is 3.27. The quantitative estimate of drug-likeness (QED) is 0.799. The molecule has 19 heavy (non-hydrogen) atoms. The Morgan fingerprint density at radius 1 is 1.32 bits per heavy atom. The van der Waals surface area contributed by atoms with E-state index in [9.17, 15) is 0 Å². The van der Waals surface area contributed by atoms with E-state index in [2.05, 4.69) is 0 Å². The van der Waals surface area contributed by atoms with Crippen LogP contribution in [0.15, 0.2) is 12.1 Å². The van der Waals surface area contributed by atoms with E-state index < -0.39 is 0 Å². The highest BCUT2D eigenvalue weighted by molar-refractivity contribution is 6.32. The molecule has 2 N–H and O–H groups in total. The molecule has 0 radical (unpaired) electrons. The van der Waals surface area contributed by atoms with Gasteiger partial charge in [0.15, 0.2) is 11.5 Å². The van der Waals surface area contributed by atoms with Gasteiger partial charge in [0.05, 0.1) is 18.2 Å². The maximum absolute atomic E-state index is 6.25. The van der Waals surface area contributed by atoms with Crippen molar-refractivity contribution in [3.63, 3.8) is 0 Å². The summed E-state index contributed by atoms with van der Waals surface area (Å²) in [6, 6.07) is 3.78. The van der Waals surface area contributed by atoms with Crippen molar-refractivity contribution >= 4 is 11.6 Å². The number of hydrogen-bond acceptors (Lipinski definition) is 4. The maximum Gasteiger partial charge on any atom is 0.180 e. The van der Waals surface area contributed by atoms with E-state index in [1.165, 1.54) is 0 Å². The molecule has 0 bridgehead atoms. The molecule has 4 nitrogen and oxygen atoms in total. The van der Waals surface area contributed by atoms with Crippen molar-refractivity contribution in [1.82, 2.24) is 0 Å². The summed E-state index contributed by atoms with van der Waals surface area (Å²) in [6.07, 6.45) is 1.56. The first-order valence-corrected chi connectivity index (χ1v) is 6.72. The number of rotatable bonds is 8. The summed E-state index contributed by atoms with van der Waals surface area (Å²) < 4.78 is 16.2. The van der Waals surface area contributed by atoms with Gasteiger partial charge in [-0.2, -0.15) is 0 Å². The van der Waals surface area contributed by atoms with Crippen molar-refractivity contribution in [3.05, 3.63) is 22.7 Å². The minimum Gasteiger partial charge on any atom is -0.493 e. The van der Waals surface area contributed by atoms with E-state index in [4.69, 9.17) is 31.5 Å². The van der Waals surface area contributed by atoms with Gasteiger partial charge < -0.3 is 19.9 Å². The summed E-state index contributed by atoms with van der Waals surface area (Å²) >= 11 is 6.25. The summed E-state index contributed by atoms with van der Waals surface area (Å²) in [6.45, 7) is 3.19. The average Bonchev–Trinajstić information content (AvgIpc) is 2.39. The van der Waals surface area contributed by atoms with Crippen LogP contribution >= 0.6 is 11.6 Å². The third-order valence-corrected chi connectivity index (χ3v) is 3.05. The van der Waals surface area contributed by atoms with Crippen molar-refractivity contribution in [3.8, 4) is 11.5 Å². The SMILES string of the molecule is COCCC(C)Oc1c(Cl)cc(CCN)cc1OC. The number of nitrogens with two attached hydrogens (primary N) is 1. The highest BCUT2D eigenvalue weighted by atomic mass is 35.5. The lowest BCUT2D eigenvalue weighted by Gasteiger charge is -2.18. The van der Waals surface area contributed by atoms with Gasteiger partial charge in [0, 0.05) is 20.1 Å².